The van der Waals surface area contributed by atoms with Gasteiger partial charge in [0.2, 0.25) is 11.8 Å². The van der Waals surface area contributed by atoms with Gasteiger partial charge in [0.1, 0.15) is 6.10 Å². The van der Waals surface area contributed by atoms with Gasteiger partial charge in [-0.15, -0.1) is 11.8 Å². The molecule has 0 aliphatic carbocycles. The van der Waals surface area contributed by atoms with Gasteiger partial charge in [-0.1, -0.05) is 0 Å². The van der Waals surface area contributed by atoms with E-state index in [1.807, 2.05) is 0 Å². The zero-order valence-electron chi connectivity index (χ0n) is 10.9. The van der Waals surface area contributed by atoms with Gasteiger partial charge in [-0.25, -0.2) is 8.78 Å². The van der Waals surface area contributed by atoms with Crippen molar-refractivity contribution >= 4 is 23.6 Å². The molecular formula is C11H18F2N2O4S. The second kappa shape index (κ2) is 9.09. The number of morpholine rings is 1. The van der Waals surface area contributed by atoms with Crippen LogP contribution in [0.5, 0.6) is 0 Å². The van der Waals surface area contributed by atoms with Crippen molar-refractivity contribution < 1.29 is 28.2 Å². The smallest absolute Gasteiger partial charge is 0.265 e. The molecule has 0 aromatic carbocycles. The third-order valence-electron chi connectivity index (χ3n) is 2.62. The monoisotopic (exact) mass is 312 g/mol. The predicted molar refractivity (Wildman–Crippen MR) is 69.7 cm³/mol. The molecule has 20 heavy (non-hydrogen) atoms. The first kappa shape index (κ1) is 17.1. The minimum atomic E-state index is -2.88. The first-order valence-electron chi connectivity index (χ1n) is 6.17. The molecule has 2 N–H and O–H groups in total. The lowest BCUT2D eigenvalue weighted by Gasteiger charge is -2.26. The first-order chi connectivity index (χ1) is 9.50. The maximum Gasteiger partial charge on any atom is 0.265 e. The lowest BCUT2D eigenvalue weighted by atomic mass is 10.4. The summed E-state index contributed by atoms with van der Waals surface area (Å²) in [7, 11) is 0. The lowest BCUT2D eigenvalue weighted by molar-refractivity contribution is -0.132. The molecule has 0 bridgehead atoms. The van der Waals surface area contributed by atoms with E-state index in [1.165, 1.54) is 0 Å². The summed E-state index contributed by atoms with van der Waals surface area (Å²) in [6.45, 7) is 1.64. The van der Waals surface area contributed by atoms with Crippen LogP contribution in [0.15, 0.2) is 0 Å². The molecule has 2 amide bonds. The summed E-state index contributed by atoms with van der Waals surface area (Å²) in [6, 6.07) is 0. The van der Waals surface area contributed by atoms with E-state index in [4.69, 9.17) is 9.84 Å². The molecular weight excluding hydrogens is 294 g/mol. The summed E-state index contributed by atoms with van der Waals surface area (Å²) in [5.41, 5.74) is 0. The van der Waals surface area contributed by atoms with Crippen LogP contribution in [0, 0.1) is 0 Å². The van der Waals surface area contributed by atoms with Crippen molar-refractivity contribution in [2.24, 2.45) is 0 Å². The first-order valence-corrected chi connectivity index (χ1v) is 7.32. The number of carbonyl (C=O) groups excluding carboxylic acids is 2. The Balaban J connectivity index is 2.10. The molecule has 1 unspecified atom stereocenters. The Labute approximate surface area is 119 Å². The fourth-order valence-electron chi connectivity index (χ4n) is 1.49. The molecule has 116 valence electrons. The predicted octanol–water partition coefficient (Wildman–Crippen LogP) is -0.679. The van der Waals surface area contributed by atoms with E-state index in [-0.39, 0.29) is 17.4 Å². The van der Waals surface area contributed by atoms with Gasteiger partial charge in [0, 0.05) is 19.6 Å². The molecule has 0 radical (unpaired) electrons. The van der Waals surface area contributed by atoms with Crippen LogP contribution >= 0.6 is 11.8 Å². The van der Waals surface area contributed by atoms with Crippen molar-refractivity contribution in [2.45, 2.75) is 12.5 Å². The molecule has 0 aromatic heterocycles. The molecule has 0 saturated carbocycles. The second-order valence-electron chi connectivity index (χ2n) is 4.19. The number of alkyl halides is 2. The van der Waals surface area contributed by atoms with Crippen molar-refractivity contribution in [3.8, 4) is 0 Å². The Morgan fingerprint density at radius 3 is 2.55 bits per heavy atom. The van der Waals surface area contributed by atoms with Crippen molar-refractivity contribution in [1.29, 1.82) is 0 Å². The van der Waals surface area contributed by atoms with Crippen LogP contribution in [0.25, 0.3) is 0 Å². The van der Waals surface area contributed by atoms with Crippen LogP contribution in [0.3, 0.4) is 0 Å². The van der Waals surface area contributed by atoms with Gasteiger partial charge >= 0.3 is 0 Å². The van der Waals surface area contributed by atoms with E-state index in [9.17, 15) is 18.4 Å². The fourth-order valence-corrected chi connectivity index (χ4v) is 2.24. The van der Waals surface area contributed by atoms with E-state index >= 15 is 0 Å². The van der Waals surface area contributed by atoms with Crippen molar-refractivity contribution in [1.82, 2.24) is 10.2 Å². The average molecular weight is 312 g/mol. The quantitative estimate of drug-likeness (QED) is 0.651. The Hall–Kier alpha value is -0.930. The third kappa shape index (κ3) is 6.49. The minimum absolute atomic E-state index is 0.00790. The highest BCUT2D eigenvalue weighted by Crippen LogP contribution is 2.05. The summed E-state index contributed by atoms with van der Waals surface area (Å²) < 4.78 is 29.1. The number of carbonyl (C=O) groups is 2. The standard InChI is InChI=1S/C11H18F2N2O4S/c12-11(13)8(16)5-14-9(17)6-20-7-10(18)15-1-3-19-4-2-15/h8,11,16H,1-7H2,(H,14,17). The highest BCUT2D eigenvalue weighted by Gasteiger charge is 2.19. The summed E-state index contributed by atoms with van der Waals surface area (Å²) in [6.07, 6.45) is -4.75. The van der Waals surface area contributed by atoms with Gasteiger partial charge in [-0.3, -0.25) is 9.59 Å². The van der Waals surface area contributed by atoms with Crippen LogP contribution < -0.4 is 5.32 Å². The van der Waals surface area contributed by atoms with E-state index in [2.05, 4.69) is 5.32 Å². The molecule has 1 aliphatic heterocycles. The number of nitrogens with zero attached hydrogens (tertiary/aromatic N) is 1. The fraction of sp³-hybridized carbons (Fsp3) is 0.818. The maximum atomic E-state index is 12.0. The summed E-state index contributed by atoms with van der Waals surface area (Å²) in [5, 5.41) is 11.0. The van der Waals surface area contributed by atoms with Crippen molar-refractivity contribution in [3.05, 3.63) is 0 Å². The molecule has 1 aliphatic rings. The van der Waals surface area contributed by atoms with Crippen LogP contribution in [0.1, 0.15) is 0 Å². The number of halogens is 2. The van der Waals surface area contributed by atoms with Crippen LogP contribution in [0.2, 0.25) is 0 Å². The van der Waals surface area contributed by atoms with Crippen molar-refractivity contribution in [3.63, 3.8) is 0 Å². The Bertz CT molecular complexity index is 328. The zero-order valence-corrected chi connectivity index (χ0v) is 11.7. The van der Waals surface area contributed by atoms with Gasteiger partial charge in [0.25, 0.3) is 6.43 Å². The molecule has 0 aromatic rings. The number of hydrogen-bond donors (Lipinski definition) is 2. The second-order valence-corrected chi connectivity index (χ2v) is 5.18. The molecule has 1 rings (SSSR count). The summed E-state index contributed by atoms with van der Waals surface area (Å²) >= 11 is 1.11. The number of aliphatic hydroxyl groups excluding tert-OH is 1. The number of rotatable bonds is 7. The van der Waals surface area contributed by atoms with E-state index in [1.54, 1.807) is 4.90 Å². The van der Waals surface area contributed by atoms with E-state index in [0.29, 0.717) is 26.3 Å². The number of amides is 2. The largest absolute Gasteiger partial charge is 0.385 e. The molecule has 6 nitrogen and oxygen atoms in total. The Morgan fingerprint density at radius 1 is 1.30 bits per heavy atom. The van der Waals surface area contributed by atoms with Gasteiger partial charge in [-0.05, 0) is 0 Å². The van der Waals surface area contributed by atoms with Gasteiger partial charge in [0.15, 0.2) is 0 Å². The average Bonchev–Trinajstić information content (AvgIpc) is 2.45. The normalized spacial score (nSPS) is 17.1. The third-order valence-corrected chi connectivity index (χ3v) is 3.54. The highest BCUT2D eigenvalue weighted by atomic mass is 32.2. The van der Waals surface area contributed by atoms with E-state index in [0.717, 1.165) is 11.8 Å². The summed E-state index contributed by atoms with van der Waals surface area (Å²) in [4.78, 5) is 24.7. The van der Waals surface area contributed by atoms with Gasteiger partial charge in [0.05, 0.1) is 24.7 Å². The SMILES string of the molecule is O=C(CSCC(=O)N1CCOCC1)NCC(O)C(F)F. The maximum absolute atomic E-state index is 12.0. The molecule has 9 heteroatoms. The van der Waals surface area contributed by atoms with Crippen LogP contribution in [-0.4, -0.2) is 78.7 Å². The zero-order chi connectivity index (χ0) is 15.0. The molecule has 1 atom stereocenters. The number of nitrogens with one attached hydrogen (secondary N) is 1. The van der Waals surface area contributed by atoms with Gasteiger partial charge < -0.3 is 20.1 Å². The topological polar surface area (TPSA) is 78.9 Å². The molecule has 1 saturated heterocycles. The number of ether oxygens (including phenoxy) is 1. The number of aliphatic hydroxyl groups is 1. The van der Waals surface area contributed by atoms with Crippen LogP contribution in [0.4, 0.5) is 8.78 Å². The van der Waals surface area contributed by atoms with Gasteiger partial charge in [-0.2, -0.15) is 0 Å². The molecule has 1 heterocycles. The number of hydrogen-bond acceptors (Lipinski definition) is 5. The molecule has 0 spiro atoms. The number of thioether (sulfide) groups is 1. The lowest BCUT2D eigenvalue weighted by Crippen LogP contribution is -2.42. The van der Waals surface area contributed by atoms with Crippen LogP contribution in [-0.2, 0) is 14.3 Å². The summed E-state index contributed by atoms with van der Waals surface area (Å²) in [5.74, 6) is -0.403. The highest BCUT2D eigenvalue weighted by molar-refractivity contribution is 8.00. The Kier molecular flexibility index (Phi) is 7.78. The minimum Gasteiger partial charge on any atom is -0.385 e. The Morgan fingerprint density at radius 2 is 1.95 bits per heavy atom. The van der Waals surface area contributed by atoms with E-state index < -0.39 is 25.0 Å². The molecule has 1 fully saturated rings. The van der Waals surface area contributed by atoms with Crippen molar-refractivity contribution in [2.75, 3.05) is 44.4 Å².